The SMILES string of the molecule is CN(C)C(=c1ccc(=c2c(=O)c2=c2ccc(=C(N(C)C)N(C)C)cc2)cc1)N(C)C. The summed E-state index contributed by atoms with van der Waals surface area (Å²) in [6.07, 6.45) is 0. The van der Waals surface area contributed by atoms with Crippen molar-refractivity contribution >= 4 is 11.6 Å². The molecule has 0 unspecified atom stereocenters. The van der Waals surface area contributed by atoms with E-state index < -0.39 is 0 Å². The maximum atomic E-state index is 12.6. The lowest BCUT2D eigenvalue weighted by Gasteiger charge is -2.24. The largest absolute Gasteiger partial charge is 0.364 e. The molecule has 0 saturated carbocycles. The van der Waals surface area contributed by atoms with Crippen molar-refractivity contribution in [3.05, 3.63) is 90.1 Å². The van der Waals surface area contributed by atoms with Gasteiger partial charge in [0.1, 0.15) is 11.6 Å². The van der Waals surface area contributed by atoms with Crippen LogP contribution in [0.2, 0.25) is 0 Å². The van der Waals surface area contributed by atoms with E-state index in [4.69, 9.17) is 0 Å². The van der Waals surface area contributed by atoms with Gasteiger partial charge in [0.15, 0.2) is 5.43 Å². The predicted octanol–water partition coefficient (Wildman–Crippen LogP) is 0.874. The third-order valence-corrected chi connectivity index (χ3v) is 5.20. The minimum absolute atomic E-state index is 0.143. The molecule has 3 aromatic carbocycles. The van der Waals surface area contributed by atoms with E-state index in [1.165, 1.54) is 0 Å². The Balaban J connectivity index is 2.22. The van der Waals surface area contributed by atoms with Gasteiger partial charge in [0.05, 0.1) is 0 Å². The highest BCUT2D eigenvalue weighted by atomic mass is 16.1. The number of nitrogens with zero attached hydrogens (tertiary/aromatic N) is 4. The first-order valence-electron chi connectivity index (χ1n) is 10.1. The Morgan fingerprint density at radius 2 is 0.767 bits per heavy atom. The normalized spacial score (nSPS) is 10.8. The lowest BCUT2D eigenvalue weighted by Crippen LogP contribution is -2.29. The number of rotatable bonds is 4. The zero-order chi connectivity index (χ0) is 22.2. The summed E-state index contributed by atoms with van der Waals surface area (Å²) in [5.41, 5.74) is 0.143. The molecule has 0 bridgehead atoms. The molecule has 0 aromatic heterocycles. The fraction of sp³-hybridized carbons (Fsp3) is 0.320. The van der Waals surface area contributed by atoms with Gasteiger partial charge in [-0.05, 0) is 10.4 Å². The zero-order valence-corrected chi connectivity index (χ0v) is 19.3. The molecule has 0 fully saturated rings. The molecule has 158 valence electrons. The molecule has 3 rings (SSSR count). The quantitative estimate of drug-likeness (QED) is 0.644. The van der Waals surface area contributed by atoms with Crippen molar-refractivity contribution in [1.82, 2.24) is 19.6 Å². The number of hydrogen-bond acceptors (Lipinski definition) is 5. The van der Waals surface area contributed by atoms with Crippen molar-refractivity contribution in [2.45, 2.75) is 0 Å². The number of benzene rings is 2. The van der Waals surface area contributed by atoms with E-state index in [0.717, 1.165) is 43.0 Å². The fourth-order valence-electron chi connectivity index (χ4n) is 4.13. The molecule has 0 spiro atoms. The fourth-order valence-corrected chi connectivity index (χ4v) is 4.13. The smallest absolute Gasteiger partial charge is 0.195 e. The molecule has 0 heterocycles. The summed E-state index contributed by atoms with van der Waals surface area (Å²) < 4.78 is 0. The minimum Gasteiger partial charge on any atom is -0.364 e. The molecule has 0 atom stereocenters. The molecule has 30 heavy (non-hydrogen) atoms. The third kappa shape index (κ3) is 4.06. The summed E-state index contributed by atoms with van der Waals surface area (Å²) in [6, 6.07) is 16.5. The average Bonchev–Trinajstić information content (AvgIpc) is 3.32. The van der Waals surface area contributed by atoms with Crippen molar-refractivity contribution in [1.29, 1.82) is 0 Å². The van der Waals surface area contributed by atoms with Crippen molar-refractivity contribution in [2.75, 3.05) is 56.4 Å². The Hall–Kier alpha value is -3.21. The Labute approximate surface area is 178 Å². The van der Waals surface area contributed by atoms with E-state index in [2.05, 4.69) is 43.9 Å². The van der Waals surface area contributed by atoms with Gasteiger partial charge in [0, 0.05) is 77.3 Å². The minimum atomic E-state index is 0.143. The summed E-state index contributed by atoms with van der Waals surface area (Å²) in [7, 11) is 16.3. The van der Waals surface area contributed by atoms with Gasteiger partial charge in [0.25, 0.3) is 0 Å². The summed E-state index contributed by atoms with van der Waals surface area (Å²) in [5.74, 6) is 2.25. The standard InChI is InChI=1S/C25H32N4O/c1-26(2)24(27(3)4)19-13-9-17(10-14-19)21-22(23(21)30)18-11-15-20(16-12-18)25(28(5)6)29(7)8/h9-16H,1-8H3. The second-order valence-electron chi connectivity index (χ2n) is 8.46. The Kier molecular flexibility index (Phi) is 5.92. The van der Waals surface area contributed by atoms with E-state index >= 15 is 0 Å². The highest BCUT2D eigenvalue weighted by Crippen LogP contribution is 2.05. The van der Waals surface area contributed by atoms with E-state index in [-0.39, 0.29) is 5.43 Å². The monoisotopic (exact) mass is 404 g/mol. The first kappa shape index (κ1) is 21.5. The van der Waals surface area contributed by atoms with Crippen LogP contribution in [0.3, 0.4) is 0 Å². The van der Waals surface area contributed by atoms with Gasteiger partial charge in [-0.1, -0.05) is 48.5 Å². The van der Waals surface area contributed by atoms with Gasteiger partial charge in [0.2, 0.25) is 0 Å². The van der Waals surface area contributed by atoms with E-state index in [1.807, 2.05) is 80.6 Å². The van der Waals surface area contributed by atoms with Crippen molar-refractivity contribution in [3.8, 4) is 0 Å². The molecule has 3 aromatic rings. The molecule has 5 nitrogen and oxygen atoms in total. The second-order valence-corrected chi connectivity index (χ2v) is 8.46. The van der Waals surface area contributed by atoms with Crippen LogP contribution in [0, 0.1) is 20.9 Å². The molecular formula is C25H32N4O. The lowest BCUT2D eigenvalue weighted by atomic mass is 10.2. The zero-order valence-electron chi connectivity index (χ0n) is 19.3. The first-order valence-corrected chi connectivity index (χ1v) is 10.1. The highest BCUT2D eigenvalue weighted by molar-refractivity contribution is 5.41. The molecule has 0 aliphatic carbocycles. The summed E-state index contributed by atoms with van der Waals surface area (Å²) in [5, 5.41) is 5.87. The van der Waals surface area contributed by atoms with E-state index in [0.29, 0.717) is 0 Å². The molecule has 0 radical (unpaired) electrons. The van der Waals surface area contributed by atoms with Crippen LogP contribution in [0.5, 0.6) is 0 Å². The van der Waals surface area contributed by atoms with Crippen LogP contribution >= 0.6 is 0 Å². The first-order chi connectivity index (χ1) is 14.1. The average molecular weight is 405 g/mol. The van der Waals surface area contributed by atoms with Crippen molar-refractivity contribution in [2.24, 2.45) is 0 Å². The van der Waals surface area contributed by atoms with Gasteiger partial charge in [-0.25, -0.2) is 0 Å². The van der Waals surface area contributed by atoms with Gasteiger partial charge >= 0.3 is 0 Å². The third-order valence-electron chi connectivity index (χ3n) is 5.20. The molecule has 5 heteroatoms. The van der Waals surface area contributed by atoms with Gasteiger partial charge in [-0.2, -0.15) is 0 Å². The van der Waals surface area contributed by atoms with Crippen molar-refractivity contribution in [3.63, 3.8) is 0 Å². The lowest BCUT2D eigenvalue weighted by molar-refractivity contribution is 0.431. The predicted molar refractivity (Wildman–Crippen MR) is 124 cm³/mol. The summed E-state index contributed by atoms with van der Waals surface area (Å²) in [6.45, 7) is 0. The Morgan fingerprint density at radius 1 is 0.500 bits per heavy atom. The summed E-state index contributed by atoms with van der Waals surface area (Å²) >= 11 is 0. The topological polar surface area (TPSA) is 30.0 Å². The van der Waals surface area contributed by atoms with Gasteiger partial charge in [-0.3, -0.25) is 4.79 Å². The Morgan fingerprint density at radius 3 is 1.00 bits per heavy atom. The van der Waals surface area contributed by atoms with Crippen molar-refractivity contribution < 1.29 is 0 Å². The maximum absolute atomic E-state index is 12.6. The number of hydrogen-bond donors (Lipinski definition) is 0. The molecule has 0 saturated heterocycles. The second kappa shape index (κ2) is 8.27. The van der Waals surface area contributed by atoms with Crippen LogP contribution in [-0.4, -0.2) is 76.0 Å². The maximum Gasteiger partial charge on any atom is 0.195 e. The molecule has 0 aliphatic rings. The van der Waals surface area contributed by atoms with E-state index in [1.54, 1.807) is 0 Å². The Bertz CT molecular complexity index is 1200. The van der Waals surface area contributed by atoms with Crippen LogP contribution in [0.15, 0.2) is 53.3 Å². The van der Waals surface area contributed by atoms with Gasteiger partial charge in [-0.15, -0.1) is 0 Å². The molecule has 0 aliphatic heterocycles. The molecule has 0 N–H and O–H groups in total. The van der Waals surface area contributed by atoms with Crippen LogP contribution in [0.1, 0.15) is 0 Å². The van der Waals surface area contributed by atoms with Crippen LogP contribution in [-0.2, 0) is 0 Å². The van der Waals surface area contributed by atoms with Gasteiger partial charge < -0.3 is 19.6 Å². The van der Waals surface area contributed by atoms with Crippen LogP contribution < -0.4 is 15.9 Å². The van der Waals surface area contributed by atoms with Crippen LogP contribution in [0.4, 0.5) is 0 Å². The molecule has 0 amide bonds. The summed E-state index contributed by atoms with van der Waals surface area (Å²) in [4.78, 5) is 20.9. The van der Waals surface area contributed by atoms with Crippen LogP contribution in [0.25, 0.3) is 11.6 Å². The van der Waals surface area contributed by atoms with E-state index in [9.17, 15) is 4.79 Å². The highest BCUT2D eigenvalue weighted by Gasteiger charge is 2.09. The molecular weight excluding hydrogens is 372 g/mol.